The molecule has 3 rings (SSSR count). The van der Waals surface area contributed by atoms with E-state index in [0.29, 0.717) is 0 Å². The largest absolute Gasteiger partial charge is 0.351 e. The molecule has 21 heavy (non-hydrogen) atoms. The van der Waals surface area contributed by atoms with Gasteiger partial charge in [0.15, 0.2) is 5.13 Å². The molecule has 2 saturated carbocycles. The van der Waals surface area contributed by atoms with Crippen molar-refractivity contribution in [3.63, 3.8) is 0 Å². The standard InChI is InChI=1S/C17H29N3S/c1-4-5-15-16(10-18-2)21-17(19-15)20(3)11-14-9-12-6-7-13(14)8-12/h12-14,18H,4-11H2,1-3H3. The second-order valence-electron chi connectivity index (χ2n) is 6.96. The number of anilines is 1. The molecule has 2 aliphatic rings. The van der Waals surface area contributed by atoms with Crippen molar-refractivity contribution in [2.75, 3.05) is 25.5 Å². The summed E-state index contributed by atoms with van der Waals surface area (Å²) in [4.78, 5) is 8.78. The molecular weight excluding hydrogens is 278 g/mol. The number of aryl methyl sites for hydroxylation is 1. The molecule has 1 N–H and O–H groups in total. The Labute approximate surface area is 133 Å². The monoisotopic (exact) mass is 307 g/mol. The fraction of sp³-hybridized carbons (Fsp3) is 0.824. The lowest BCUT2D eigenvalue weighted by atomic mass is 9.88. The molecule has 1 aromatic heterocycles. The first kappa shape index (κ1) is 15.3. The van der Waals surface area contributed by atoms with E-state index in [-0.39, 0.29) is 0 Å². The average Bonchev–Trinajstić information content (AvgIpc) is 3.15. The van der Waals surface area contributed by atoms with Gasteiger partial charge in [0.25, 0.3) is 0 Å². The number of rotatable bonds is 7. The van der Waals surface area contributed by atoms with Gasteiger partial charge in [0, 0.05) is 25.0 Å². The fourth-order valence-corrected chi connectivity index (χ4v) is 5.38. The molecule has 0 aromatic carbocycles. The second-order valence-corrected chi connectivity index (χ2v) is 8.02. The van der Waals surface area contributed by atoms with Crippen LogP contribution in [0.2, 0.25) is 0 Å². The maximum Gasteiger partial charge on any atom is 0.185 e. The summed E-state index contributed by atoms with van der Waals surface area (Å²) in [6, 6.07) is 0. The van der Waals surface area contributed by atoms with Crippen LogP contribution in [0.5, 0.6) is 0 Å². The molecule has 0 radical (unpaired) electrons. The Morgan fingerprint density at radius 2 is 2.19 bits per heavy atom. The van der Waals surface area contributed by atoms with Crippen LogP contribution >= 0.6 is 11.3 Å². The van der Waals surface area contributed by atoms with Crippen LogP contribution in [0.1, 0.15) is 49.6 Å². The molecule has 1 heterocycles. The highest BCUT2D eigenvalue weighted by molar-refractivity contribution is 7.15. The zero-order chi connectivity index (χ0) is 14.8. The van der Waals surface area contributed by atoms with E-state index in [0.717, 1.165) is 30.7 Å². The Balaban J connectivity index is 1.66. The van der Waals surface area contributed by atoms with Crippen LogP contribution in [-0.4, -0.2) is 25.6 Å². The maximum atomic E-state index is 4.93. The number of hydrogen-bond acceptors (Lipinski definition) is 4. The van der Waals surface area contributed by atoms with Gasteiger partial charge in [-0.05, 0) is 50.5 Å². The van der Waals surface area contributed by atoms with E-state index in [4.69, 9.17) is 4.98 Å². The molecule has 118 valence electrons. The molecular formula is C17H29N3S. The zero-order valence-electron chi connectivity index (χ0n) is 13.7. The summed E-state index contributed by atoms with van der Waals surface area (Å²) < 4.78 is 0. The van der Waals surface area contributed by atoms with Gasteiger partial charge in [-0.25, -0.2) is 4.98 Å². The lowest BCUT2D eigenvalue weighted by Gasteiger charge is -2.26. The van der Waals surface area contributed by atoms with Crippen molar-refractivity contribution in [1.82, 2.24) is 10.3 Å². The van der Waals surface area contributed by atoms with Crippen LogP contribution in [0, 0.1) is 17.8 Å². The maximum absolute atomic E-state index is 4.93. The van der Waals surface area contributed by atoms with E-state index in [2.05, 4.69) is 24.2 Å². The summed E-state index contributed by atoms with van der Waals surface area (Å²) in [5.41, 5.74) is 1.31. The van der Waals surface area contributed by atoms with Gasteiger partial charge >= 0.3 is 0 Å². The molecule has 3 nitrogen and oxygen atoms in total. The van der Waals surface area contributed by atoms with Crippen molar-refractivity contribution >= 4 is 16.5 Å². The predicted molar refractivity (Wildman–Crippen MR) is 91.1 cm³/mol. The number of thiazole rings is 1. The van der Waals surface area contributed by atoms with E-state index in [9.17, 15) is 0 Å². The highest BCUT2D eigenvalue weighted by Gasteiger charge is 2.39. The van der Waals surface area contributed by atoms with E-state index in [1.165, 1.54) is 54.4 Å². The van der Waals surface area contributed by atoms with E-state index in [1.54, 1.807) is 0 Å². The minimum atomic E-state index is 0.917. The van der Waals surface area contributed by atoms with Crippen LogP contribution < -0.4 is 10.2 Å². The van der Waals surface area contributed by atoms with Gasteiger partial charge < -0.3 is 10.2 Å². The first-order valence-electron chi connectivity index (χ1n) is 8.55. The van der Waals surface area contributed by atoms with Crippen LogP contribution in [0.4, 0.5) is 5.13 Å². The third-order valence-corrected chi connectivity index (χ3v) is 6.52. The topological polar surface area (TPSA) is 28.2 Å². The number of aromatic nitrogens is 1. The summed E-state index contributed by atoms with van der Waals surface area (Å²) in [7, 11) is 4.26. The first-order valence-corrected chi connectivity index (χ1v) is 9.37. The molecule has 3 unspecified atom stereocenters. The lowest BCUT2D eigenvalue weighted by Crippen LogP contribution is -2.28. The van der Waals surface area contributed by atoms with Crippen molar-refractivity contribution in [2.45, 2.75) is 52.0 Å². The number of fused-ring (bicyclic) bond motifs is 2. The van der Waals surface area contributed by atoms with Gasteiger partial charge in [-0.3, -0.25) is 0 Å². The first-order chi connectivity index (χ1) is 10.2. The normalized spacial score (nSPS) is 27.5. The van der Waals surface area contributed by atoms with Crippen molar-refractivity contribution < 1.29 is 0 Å². The summed E-state index contributed by atoms with van der Waals surface area (Å²) in [6.07, 6.45) is 8.22. The molecule has 0 spiro atoms. The zero-order valence-corrected chi connectivity index (χ0v) is 14.5. The summed E-state index contributed by atoms with van der Waals surface area (Å²) in [5, 5.41) is 4.51. The molecule has 2 bridgehead atoms. The second kappa shape index (κ2) is 6.66. The van der Waals surface area contributed by atoms with Crippen molar-refractivity contribution in [3.05, 3.63) is 10.6 Å². The highest BCUT2D eigenvalue weighted by Crippen LogP contribution is 2.48. The number of nitrogens with zero attached hydrogens (tertiary/aromatic N) is 2. The smallest absolute Gasteiger partial charge is 0.185 e. The van der Waals surface area contributed by atoms with Gasteiger partial charge in [-0.1, -0.05) is 19.8 Å². The Hall–Kier alpha value is -0.610. The van der Waals surface area contributed by atoms with Crippen molar-refractivity contribution in [1.29, 1.82) is 0 Å². The van der Waals surface area contributed by atoms with Crippen molar-refractivity contribution in [3.8, 4) is 0 Å². The van der Waals surface area contributed by atoms with Gasteiger partial charge in [0.05, 0.1) is 5.69 Å². The van der Waals surface area contributed by atoms with Gasteiger partial charge in [-0.15, -0.1) is 11.3 Å². The minimum absolute atomic E-state index is 0.917. The van der Waals surface area contributed by atoms with E-state index < -0.39 is 0 Å². The average molecular weight is 308 g/mol. The Morgan fingerprint density at radius 3 is 2.81 bits per heavy atom. The molecule has 3 atom stereocenters. The summed E-state index contributed by atoms with van der Waals surface area (Å²) in [6.45, 7) is 4.40. The lowest BCUT2D eigenvalue weighted by molar-refractivity contribution is 0.337. The molecule has 0 aliphatic heterocycles. The predicted octanol–water partition coefficient (Wildman–Crippen LogP) is 3.69. The van der Waals surface area contributed by atoms with Crippen LogP contribution in [-0.2, 0) is 13.0 Å². The summed E-state index contributed by atoms with van der Waals surface area (Å²) >= 11 is 1.89. The van der Waals surface area contributed by atoms with Crippen LogP contribution in [0.15, 0.2) is 0 Å². The van der Waals surface area contributed by atoms with Gasteiger partial charge in [0.1, 0.15) is 0 Å². The van der Waals surface area contributed by atoms with Gasteiger partial charge in [0.2, 0.25) is 0 Å². The quantitative estimate of drug-likeness (QED) is 0.833. The third-order valence-electron chi connectivity index (χ3n) is 5.31. The van der Waals surface area contributed by atoms with Gasteiger partial charge in [-0.2, -0.15) is 0 Å². The Bertz CT molecular complexity index is 447. The Morgan fingerprint density at radius 1 is 1.33 bits per heavy atom. The highest BCUT2D eigenvalue weighted by atomic mass is 32.1. The molecule has 2 aliphatic carbocycles. The summed E-state index contributed by atoms with van der Waals surface area (Å²) in [5.74, 6) is 2.96. The Kier molecular flexibility index (Phi) is 4.85. The SMILES string of the molecule is CCCc1nc(N(C)CC2CC3CCC2C3)sc1CNC. The third kappa shape index (κ3) is 3.26. The molecule has 2 fully saturated rings. The van der Waals surface area contributed by atoms with Crippen molar-refractivity contribution in [2.24, 2.45) is 17.8 Å². The number of hydrogen-bond donors (Lipinski definition) is 1. The minimum Gasteiger partial charge on any atom is -0.351 e. The van der Waals surface area contributed by atoms with Crippen LogP contribution in [0.25, 0.3) is 0 Å². The molecule has 0 saturated heterocycles. The fourth-order valence-electron chi connectivity index (χ4n) is 4.29. The number of nitrogens with one attached hydrogen (secondary N) is 1. The molecule has 4 heteroatoms. The molecule has 1 aromatic rings. The van der Waals surface area contributed by atoms with Crippen LogP contribution in [0.3, 0.4) is 0 Å². The van der Waals surface area contributed by atoms with E-state index in [1.807, 2.05) is 18.4 Å². The van der Waals surface area contributed by atoms with E-state index >= 15 is 0 Å². The molecule has 0 amide bonds.